The summed E-state index contributed by atoms with van der Waals surface area (Å²) >= 11 is 1.51. The molecular weight excluding hydrogens is 372 g/mol. The standard InChI is InChI=1S/C20H18N6OS/c1-25-10-13(8-23-25)14-6-17-16(7-18(14)27-2)22-11-26(17)9-12-3-4-15-19(5-12)28-20(21)24-15/h3-8,10-11H,9H2,1-2H3,(H2,21,24). The number of benzene rings is 2. The number of methoxy groups -OCH3 is 1. The first-order chi connectivity index (χ1) is 13.6. The minimum atomic E-state index is 0.591. The molecule has 0 radical (unpaired) electrons. The van der Waals surface area contributed by atoms with Crippen LogP contribution in [0, 0.1) is 0 Å². The highest BCUT2D eigenvalue weighted by Gasteiger charge is 2.13. The van der Waals surface area contributed by atoms with Crippen molar-refractivity contribution in [3.63, 3.8) is 0 Å². The Morgan fingerprint density at radius 2 is 2.07 bits per heavy atom. The van der Waals surface area contributed by atoms with Gasteiger partial charge in [-0.05, 0) is 23.8 Å². The maximum absolute atomic E-state index is 5.83. The summed E-state index contributed by atoms with van der Waals surface area (Å²) in [6.45, 7) is 0.711. The molecule has 0 aliphatic carbocycles. The van der Waals surface area contributed by atoms with E-state index in [-0.39, 0.29) is 0 Å². The molecule has 0 aliphatic heterocycles. The van der Waals surface area contributed by atoms with Gasteiger partial charge in [-0.15, -0.1) is 0 Å². The van der Waals surface area contributed by atoms with Crippen molar-refractivity contribution in [3.8, 4) is 16.9 Å². The van der Waals surface area contributed by atoms with Gasteiger partial charge in [-0.25, -0.2) is 9.97 Å². The van der Waals surface area contributed by atoms with E-state index < -0.39 is 0 Å². The van der Waals surface area contributed by atoms with Gasteiger partial charge in [0.1, 0.15) is 5.75 Å². The molecule has 28 heavy (non-hydrogen) atoms. The first-order valence-corrected chi connectivity index (χ1v) is 9.59. The van der Waals surface area contributed by atoms with E-state index in [9.17, 15) is 0 Å². The van der Waals surface area contributed by atoms with E-state index in [2.05, 4.69) is 37.8 Å². The molecule has 8 heteroatoms. The Balaban J connectivity index is 1.59. The predicted octanol–water partition coefficient (Wildman–Crippen LogP) is 3.69. The number of nitrogen functional groups attached to an aromatic ring is 1. The average molecular weight is 390 g/mol. The number of hydrogen-bond donors (Lipinski definition) is 1. The molecule has 5 rings (SSSR count). The van der Waals surface area contributed by atoms with Crippen LogP contribution in [-0.2, 0) is 13.6 Å². The van der Waals surface area contributed by atoms with Crippen LogP contribution in [0.3, 0.4) is 0 Å². The van der Waals surface area contributed by atoms with Gasteiger partial charge in [0.05, 0.1) is 40.9 Å². The second-order valence-corrected chi connectivity index (χ2v) is 7.73. The van der Waals surface area contributed by atoms with Crippen LogP contribution in [0.25, 0.3) is 32.4 Å². The third-order valence-electron chi connectivity index (χ3n) is 4.78. The van der Waals surface area contributed by atoms with Crippen LogP contribution in [0.4, 0.5) is 5.13 Å². The number of thiazole rings is 1. The van der Waals surface area contributed by atoms with Crippen molar-refractivity contribution in [2.24, 2.45) is 7.05 Å². The highest BCUT2D eigenvalue weighted by molar-refractivity contribution is 7.22. The smallest absolute Gasteiger partial charge is 0.181 e. The van der Waals surface area contributed by atoms with Crippen molar-refractivity contribution in [3.05, 3.63) is 54.6 Å². The molecule has 0 saturated heterocycles. The molecule has 0 bridgehead atoms. The highest BCUT2D eigenvalue weighted by atomic mass is 32.1. The van der Waals surface area contributed by atoms with Crippen molar-refractivity contribution in [2.45, 2.75) is 6.54 Å². The lowest BCUT2D eigenvalue weighted by atomic mass is 10.1. The third kappa shape index (κ3) is 2.78. The first-order valence-electron chi connectivity index (χ1n) is 8.77. The molecule has 0 amide bonds. The minimum absolute atomic E-state index is 0.591. The normalized spacial score (nSPS) is 11.5. The molecule has 0 fully saturated rings. The third-order valence-corrected chi connectivity index (χ3v) is 5.63. The molecule has 0 spiro atoms. The van der Waals surface area contributed by atoms with Crippen LogP contribution in [0.2, 0.25) is 0 Å². The van der Waals surface area contributed by atoms with Gasteiger partial charge < -0.3 is 15.0 Å². The lowest BCUT2D eigenvalue weighted by Crippen LogP contribution is -1.98. The molecule has 140 valence electrons. The van der Waals surface area contributed by atoms with Crippen LogP contribution < -0.4 is 10.5 Å². The van der Waals surface area contributed by atoms with Crippen LogP contribution in [0.1, 0.15) is 5.56 Å². The fourth-order valence-electron chi connectivity index (χ4n) is 3.45. The fraction of sp³-hybridized carbons (Fsp3) is 0.150. The number of nitrogens with zero attached hydrogens (tertiary/aromatic N) is 5. The van der Waals surface area contributed by atoms with E-state index in [0.717, 1.165) is 38.1 Å². The van der Waals surface area contributed by atoms with Crippen LogP contribution in [-0.4, -0.2) is 31.4 Å². The summed E-state index contributed by atoms with van der Waals surface area (Å²) in [6.07, 6.45) is 5.68. The quantitative estimate of drug-likeness (QED) is 0.506. The van der Waals surface area contributed by atoms with Gasteiger partial charge in [0.2, 0.25) is 0 Å². The number of aryl methyl sites for hydroxylation is 1. The van der Waals surface area contributed by atoms with E-state index >= 15 is 0 Å². The van der Waals surface area contributed by atoms with Crippen molar-refractivity contribution in [1.82, 2.24) is 24.3 Å². The Morgan fingerprint density at radius 1 is 1.18 bits per heavy atom. The van der Waals surface area contributed by atoms with Gasteiger partial charge in [0, 0.05) is 37.0 Å². The van der Waals surface area contributed by atoms with Crippen LogP contribution in [0.15, 0.2) is 49.1 Å². The maximum atomic E-state index is 5.83. The summed E-state index contributed by atoms with van der Waals surface area (Å²) in [4.78, 5) is 8.89. The number of aromatic nitrogens is 5. The largest absolute Gasteiger partial charge is 0.496 e. The molecule has 5 aromatic rings. The van der Waals surface area contributed by atoms with Crippen molar-refractivity contribution in [1.29, 1.82) is 0 Å². The zero-order chi connectivity index (χ0) is 19.3. The van der Waals surface area contributed by atoms with E-state index in [1.807, 2.05) is 37.9 Å². The molecule has 3 aromatic heterocycles. The molecule has 0 atom stereocenters. The molecule has 0 saturated carbocycles. The summed E-state index contributed by atoms with van der Waals surface area (Å²) in [6, 6.07) is 10.3. The van der Waals surface area contributed by atoms with Gasteiger partial charge in [0.25, 0.3) is 0 Å². The van der Waals surface area contributed by atoms with E-state index in [1.165, 1.54) is 16.9 Å². The number of imidazole rings is 1. The second-order valence-electron chi connectivity index (χ2n) is 6.67. The van der Waals surface area contributed by atoms with Crippen molar-refractivity contribution >= 4 is 37.7 Å². The molecule has 3 heterocycles. The molecular formula is C20H18N6OS. The van der Waals surface area contributed by atoms with Crippen molar-refractivity contribution < 1.29 is 4.74 Å². The lowest BCUT2D eigenvalue weighted by Gasteiger charge is -2.09. The maximum Gasteiger partial charge on any atom is 0.181 e. The second kappa shape index (κ2) is 6.35. The Kier molecular flexibility index (Phi) is 3.80. The van der Waals surface area contributed by atoms with Crippen LogP contribution >= 0.6 is 11.3 Å². The number of anilines is 1. The number of hydrogen-bond acceptors (Lipinski definition) is 6. The van der Waals surface area contributed by atoms with Crippen molar-refractivity contribution in [2.75, 3.05) is 12.8 Å². The number of nitrogens with two attached hydrogens (primary N) is 1. The van der Waals surface area contributed by atoms with E-state index in [4.69, 9.17) is 10.5 Å². The Bertz CT molecular complexity index is 1320. The van der Waals surface area contributed by atoms with Gasteiger partial charge in [-0.3, -0.25) is 4.68 Å². The summed E-state index contributed by atoms with van der Waals surface area (Å²) < 4.78 is 10.6. The Labute approximate surface area is 165 Å². The molecule has 0 unspecified atom stereocenters. The first kappa shape index (κ1) is 16.8. The van der Waals surface area contributed by atoms with Crippen LogP contribution in [0.5, 0.6) is 5.75 Å². The van der Waals surface area contributed by atoms with E-state index in [1.54, 1.807) is 11.8 Å². The minimum Gasteiger partial charge on any atom is -0.496 e. The fourth-order valence-corrected chi connectivity index (χ4v) is 4.25. The highest BCUT2D eigenvalue weighted by Crippen LogP contribution is 2.34. The zero-order valence-corrected chi connectivity index (χ0v) is 16.3. The average Bonchev–Trinajstić information content (AvgIpc) is 3.38. The SMILES string of the molecule is COc1cc2ncn(Cc3ccc4nc(N)sc4c3)c2cc1-c1cnn(C)c1. The molecule has 2 N–H and O–H groups in total. The monoisotopic (exact) mass is 390 g/mol. The number of ether oxygens (including phenoxy) is 1. The van der Waals surface area contributed by atoms with Gasteiger partial charge in [0.15, 0.2) is 5.13 Å². The molecule has 7 nitrogen and oxygen atoms in total. The zero-order valence-electron chi connectivity index (χ0n) is 15.5. The van der Waals surface area contributed by atoms with Gasteiger partial charge >= 0.3 is 0 Å². The Morgan fingerprint density at radius 3 is 2.86 bits per heavy atom. The van der Waals surface area contributed by atoms with E-state index in [0.29, 0.717) is 11.7 Å². The summed E-state index contributed by atoms with van der Waals surface area (Å²) in [7, 11) is 3.58. The lowest BCUT2D eigenvalue weighted by molar-refractivity contribution is 0.417. The van der Waals surface area contributed by atoms with Gasteiger partial charge in [-0.1, -0.05) is 17.4 Å². The molecule has 0 aliphatic rings. The topological polar surface area (TPSA) is 83.8 Å². The molecule has 2 aromatic carbocycles. The number of fused-ring (bicyclic) bond motifs is 2. The van der Waals surface area contributed by atoms with Gasteiger partial charge in [-0.2, -0.15) is 5.10 Å². The summed E-state index contributed by atoms with van der Waals surface area (Å²) in [5.74, 6) is 0.785. The summed E-state index contributed by atoms with van der Waals surface area (Å²) in [5, 5.41) is 4.87. The Hall–Kier alpha value is -3.39. The number of rotatable bonds is 4. The summed E-state index contributed by atoms with van der Waals surface area (Å²) in [5.41, 5.74) is 11.9. The predicted molar refractivity (Wildman–Crippen MR) is 112 cm³/mol.